The number of esters is 1. The van der Waals surface area contributed by atoms with Crippen LogP contribution in [-0.4, -0.2) is 29.9 Å². The molecule has 1 heterocycles. The van der Waals surface area contributed by atoms with Gasteiger partial charge in [-0.3, -0.25) is 13.6 Å². The number of rotatable bonds is 16. The molecule has 0 aromatic heterocycles. The van der Waals surface area contributed by atoms with Gasteiger partial charge in [-0.1, -0.05) is 24.3 Å². The van der Waals surface area contributed by atoms with Crippen LogP contribution in [0.25, 0.3) is 0 Å². The van der Waals surface area contributed by atoms with Crippen LogP contribution >= 0.6 is 71.5 Å². The van der Waals surface area contributed by atoms with Crippen LogP contribution in [0.15, 0.2) is 102 Å². The molecule has 276 valence electrons. The largest absolute Gasteiger partial charge is 0.485 e. The molecule has 2 atom stereocenters. The quantitative estimate of drug-likeness (QED) is 0.0667. The molecule has 1 aliphatic rings. The van der Waals surface area contributed by atoms with E-state index in [1.54, 1.807) is 0 Å². The number of hydrogen-bond acceptors (Lipinski definition) is 9. The number of carbonyl (C=O) groups excluding carboxylic acids is 1. The summed E-state index contributed by atoms with van der Waals surface area (Å²) in [6.45, 7) is -2.27. The van der Waals surface area contributed by atoms with Gasteiger partial charge in [-0.05, 0) is 135 Å². The normalized spacial score (nSPS) is 15.2. The van der Waals surface area contributed by atoms with Gasteiger partial charge in [0.05, 0.1) is 37.7 Å². The van der Waals surface area contributed by atoms with Crippen LogP contribution in [-0.2, 0) is 63.6 Å². The SMILES string of the molecule is O=C1OC(C(CO)OP(=O)(OCc2ccc(F)c(Br)c2)OCc2ccc(F)c(Br)c2)C(OCc2ccc(F)c(Br)c2)=C1OCc1ccc(F)c(Br)c1. The van der Waals surface area contributed by atoms with Crippen molar-refractivity contribution in [1.29, 1.82) is 0 Å². The summed E-state index contributed by atoms with van der Waals surface area (Å²) in [4.78, 5) is 13.2. The molecule has 4 aromatic carbocycles. The number of benzene rings is 4. The van der Waals surface area contributed by atoms with Crippen LogP contribution in [0.4, 0.5) is 17.6 Å². The average molecular weight is 1000 g/mol. The Kier molecular flexibility index (Phi) is 14.2. The lowest BCUT2D eigenvalue weighted by molar-refractivity contribution is -0.148. The molecule has 52 heavy (non-hydrogen) atoms. The highest BCUT2D eigenvalue weighted by molar-refractivity contribution is 9.11. The number of aliphatic hydroxyl groups is 1. The summed E-state index contributed by atoms with van der Waals surface area (Å²) < 4.78 is 104. The third-order valence-electron chi connectivity index (χ3n) is 7.18. The maximum absolute atomic E-state index is 14.2. The van der Waals surface area contributed by atoms with E-state index in [-0.39, 0.29) is 36.9 Å². The summed E-state index contributed by atoms with van der Waals surface area (Å²) in [6.07, 6.45) is -3.25. The van der Waals surface area contributed by atoms with Gasteiger partial charge < -0.3 is 19.3 Å². The number of ether oxygens (including phenoxy) is 3. The molecule has 5 rings (SSSR count). The standard InChI is InChI=1S/C34H25Br4F4O9P/c35-22-9-18(1-5-26(22)39)14-46-32-31(50-34(44)33(32)47-15-19-2-6-27(40)23(36)10-19)30(13-43)51-52(45,48-16-20-3-7-28(41)24(37)11-20)49-17-21-4-8-29(42)25(38)12-21/h1-12,30-31,43H,13-17H2. The van der Waals surface area contributed by atoms with Gasteiger partial charge in [0.25, 0.3) is 0 Å². The molecule has 2 unspecified atom stereocenters. The van der Waals surface area contributed by atoms with E-state index in [1.807, 2.05) is 0 Å². The lowest BCUT2D eigenvalue weighted by Gasteiger charge is -2.27. The molecular formula is C34H25Br4F4O9P. The van der Waals surface area contributed by atoms with E-state index >= 15 is 0 Å². The van der Waals surface area contributed by atoms with Gasteiger partial charge in [-0.2, -0.15) is 0 Å². The fourth-order valence-electron chi connectivity index (χ4n) is 4.56. The van der Waals surface area contributed by atoms with Crippen molar-refractivity contribution in [3.05, 3.63) is 148 Å². The topological polar surface area (TPSA) is 110 Å². The first kappa shape index (κ1) is 40.6. The molecule has 1 aliphatic heterocycles. The highest BCUT2D eigenvalue weighted by atomic mass is 79.9. The molecular weight excluding hydrogens is 979 g/mol. The van der Waals surface area contributed by atoms with E-state index in [0.717, 1.165) is 12.1 Å². The van der Waals surface area contributed by atoms with Crippen LogP contribution < -0.4 is 0 Å². The summed E-state index contributed by atoms with van der Waals surface area (Å²) in [5.41, 5.74) is 1.63. The Labute approximate surface area is 328 Å². The first-order chi connectivity index (χ1) is 24.7. The van der Waals surface area contributed by atoms with Crippen molar-refractivity contribution in [1.82, 2.24) is 0 Å². The molecule has 0 amide bonds. The Hall–Kier alpha value is -2.60. The van der Waals surface area contributed by atoms with Crippen LogP contribution in [0.1, 0.15) is 22.3 Å². The molecule has 18 heteroatoms. The van der Waals surface area contributed by atoms with Gasteiger partial charge in [0.15, 0.2) is 11.9 Å². The summed E-state index contributed by atoms with van der Waals surface area (Å²) in [6, 6.07) is 15.9. The lowest BCUT2D eigenvalue weighted by atomic mass is 10.1. The smallest absolute Gasteiger partial charge is 0.475 e. The van der Waals surface area contributed by atoms with Gasteiger partial charge in [-0.25, -0.2) is 26.9 Å². The minimum atomic E-state index is -4.73. The second-order valence-electron chi connectivity index (χ2n) is 10.9. The van der Waals surface area contributed by atoms with Crippen LogP contribution in [0.3, 0.4) is 0 Å². The Bertz CT molecular complexity index is 1980. The fourth-order valence-corrected chi connectivity index (χ4v) is 7.59. The zero-order valence-corrected chi connectivity index (χ0v) is 33.5. The maximum atomic E-state index is 14.2. The van der Waals surface area contributed by atoms with Gasteiger partial charge in [0, 0.05) is 0 Å². The number of hydrogen-bond donors (Lipinski definition) is 1. The molecule has 1 N–H and O–H groups in total. The summed E-state index contributed by atoms with van der Waals surface area (Å²) >= 11 is 12.4. The highest BCUT2D eigenvalue weighted by Gasteiger charge is 2.46. The zero-order chi connectivity index (χ0) is 37.6. The van der Waals surface area contributed by atoms with E-state index in [2.05, 4.69) is 63.7 Å². The van der Waals surface area contributed by atoms with Gasteiger partial charge in [0.2, 0.25) is 5.76 Å². The zero-order valence-electron chi connectivity index (χ0n) is 26.3. The number of cyclic esters (lactones) is 1. The molecule has 0 bridgehead atoms. The van der Waals surface area contributed by atoms with Crippen molar-refractivity contribution in [2.75, 3.05) is 6.61 Å². The van der Waals surface area contributed by atoms with Crippen molar-refractivity contribution in [2.24, 2.45) is 0 Å². The number of halogens is 8. The minimum Gasteiger partial charge on any atom is -0.485 e. The molecule has 4 aromatic rings. The average Bonchev–Trinajstić information content (AvgIpc) is 3.43. The second-order valence-corrected chi connectivity index (χ2v) is 15.9. The van der Waals surface area contributed by atoms with Crippen LogP contribution in [0, 0.1) is 23.3 Å². The number of carbonyl (C=O) groups is 1. The van der Waals surface area contributed by atoms with E-state index < -0.39 is 74.8 Å². The monoisotopic (exact) mass is 1000 g/mol. The Balaban J connectivity index is 1.44. The first-order valence-electron chi connectivity index (χ1n) is 14.9. The highest BCUT2D eigenvalue weighted by Crippen LogP contribution is 2.53. The summed E-state index contributed by atoms with van der Waals surface area (Å²) in [5, 5.41) is 10.5. The molecule has 0 saturated heterocycles. The Morgan fingerprint density at radius 2 is 1.04 bits per heavy atom. The Morgan fingerprint density at radius 1 is 0.654 bits per heavy atom. The number of phosphoric ester groups is 1. The maximum Gasteiger partial charge on any atom is 0.475 e. The molecule has 0 radical (unpaired) electrons. The van der Waals surface area contributed by atoms with Gasteiger partial charge >= 0.3 is 13.8 Å². The van der Waals surface area contributed by atoms with E-state index in [9.17, 15) is 32.0 Å². The molecule has 0 fully saturated rings. The third kappa shape index (κ3) is 10.5. The van der Waals surface area contributed by atoms with Crippen LogP contribution in [0.2, 0.25) is 0 Å². The van der Waals surface area contributed by atoms with Crippen molar-refractivity contribution in [3.8, 4) is 0 Å². The predicted octanol–water partition coefficient (Wildman–Crippen LogP) is 10.1. The molecule has 0 spiro atoms. The fraction of sp³-hybridized carbons (Fsp3) is 0.206. The lowest BCUT2D eigenvalue weighted by Crippen LogP contribution is -2.35. The van der Waals surface area contributed by atoms with Gasteiger partial charge in [0.1, 0.15) is 42.6 Å². The van der Waals surface area contributed by atoms with E-state index in [1.165, 1.54) is 60.7 Å². The van der Waals surface area contributed by atoms with Gasteiger partial charge in [-0.15, -0.1) is 0 Å². The minimum absolute atomic E-state index is 0.105. The second kappa shape index (κ2) is 18.2. The van der Waals surface area contributed by atoms with E-state index in [4.69, 9.17) is 27.8 Å². The van der Waals surface area contributed by atoms with E-state index in [0.29, 0.717) is 22.3 Å². The summed E-state index contributed by atoms with van der Waals surface area (Å²) in [5.74, 6) is -3.90. The van der Waals surface area contributed by atoms with Crippen molar-refractivity contribution in [3.63, 3.8) is 0 Å². The third-order valence-corrected chi connectivity index (χ3v) is 11.0. The van der Waals surface area contributed by atoms with Crippen molar-refractivity contribution >= 4 is 77.5 Å². The van der Waals surface area contributed by atoms with Crippen molar-refractivity contribution in [2.45, 2.75) is 38.6 Å². The van der Waals surface area contributed by atoms with Crippen LogP contribution in [0.5, 0.6) is 0 Å². The van der Waals surface area contributed by atoms with Crippen molar-refractivity contribution < 1.29 is 59.8 Å². The molecule has 0 aliphatic carbocycles. The Morgan fingerprint density at radius 3 is 1.42 bits per heavy atom. The predicted molar refractivity (Wildman–Crippen MR) is 192 cm³/mol. The molecule has 0 saturated carbocycles. The number of aliphatic hydroxyl groups excluding tert-OH is 1. The molecule has 9 nitrogen and oxygen atoms in total. The summed E-state index contributed by atoms with van der Waals surface area (Å²) in [7, 11) is -4.73. The first-order valence-corrected chi connectivity index (χ1v) is 19.5. The number of phosphoric acid groups is 1.